The molecular formula is C55H37N5. The van der Waals surface area contributed by atoms with E-state index in [4.69, 9.17) is 24.9 Å². The molecule has 10 rings (SSSR count). The lowest BCUT2D eigenvalue weighted by molar-refractivity contribution is 1.18. The Balaban J connectivity index is 1.24. The van der Waals surface area contributed by atoms with Crippen LogP contribution < -0.4 is 0 Å². The number of rotatable bonds is 9. The standard InChI is InChI=1S/C55H37N5/c1-7-19-38(20-8-1)44-34-48(39-21-9-2-10-22-39)56-49(35-44)45-31-46(52-36-50(40-23-11-3-12-24-40)57-54(59-52)42-27-15-5-16-28-42)33-47(32-45)53-37-51(41-25-13-4-14-26-41)58-55(60-53)43-29-17-6-18-30-43/h1-37H. The van der Waals surface area contributed by atoms with E-state index in [9.17, 15) is 0 Å². The first-order valence-electron chi connectivity index (χ1n) is 20.0. The highest BCUT2D eigenvalue weighted by Crippen LogP contribution is 2.37. The van der Waals surface area contributed by atoms with Gasteiger partial charge < -0.3 is 0 Å². The normalized spacial score (nSPS) is 11.0. The molecule has 0 spiro atoms. The fourth-order valence-corrected chi connectivity index (χ4v) is 7.44. The van der Waals surface area contributed by atoms with E-state index < -0.39 is 0 Å². The molecule has 0 amide bonds. The Labute approximate surface area is 349 Å². The third-order valence-electron chi connectivity index (χ3n) is 10.5. The zero-order valence-corrected chi connectivity index (χ0v) is 32.6. The molecule has 60 heavy (non-hydrogen) atoms. The molecule has 0 aliphatic heterocycles. The summed E-state index contributed by atoms with van der Waals surface area (Å²) in [5.74, 6) is 1.29. The van der Waals surface area contributed by atoms with E-state index in [1.54, 1.807) is 0 Å². The van der Waals surface area contributed by atoms with Crippen LogP contribution in [-0.4, -0.2) is 24.9 Å². The van der Waals surface area contributed by atoms with E-state index in [1.165, 1.54) is 0 Å². The van der Waals surface area contributed by atoms with Gasteiger partial charge in [-0.1, -0.05) is 182 Å². The predicted octanol–water partition coefficient (Wildman–Crippen LogP) is 13.7. The van der Waals surface area contributed by atoms with Crippen LogP contribution in [0.15, 0.2) is 224 Å². The number of hydrogen-bond acceptors (Lipinski definition) is 5. The molecule has 5 heteroatoms. The number of benzene rings is 7. The average Bonchev–Trinajstić information content (AvgIpc) is 3.35. The van der Waals surface area contributed by atoms with E-state index in [1.807, 2.05) is 84.9 Å². The Morgan fingerprint density at radius 3 is 0.750 bits per heavy atom. The van der Waals surface area contributed by atoms with Crippen molar-refractivity contribution < 1.29 is 0 Å². The first-order valence-corrected chi connectivity index (χ1v) is 20.0. The molecule has 10 aromatic rings. The third kappa shape index (κ3) is 7.76. The summed E-state index contributed by atoms with van der Waals surface area (Å²) in [6.07, 6.45) is 0. The molecule has 0 radical (unpaired) electrons. The van der Waals surface area contributed by atoms with Gasteiger partial charge in [-0.3, -0.25) is 0 Å². The topological polar surface area (TPSA) is 64.5 Å². The van der Waals surface area contributed by atoms with Crippen LogP contribution in [0.5, 0.6) is 0 Å². The monoisotopic (exact) mass is 767 g/mol. The molecule has 3 heterocycles. The molecular weight excluding hydrogens is 731 g/mol. The van der Waals surface area contributed by atoms with Crippen LogP contribution in [0.3, 0.4) is 0 Å². The second-order valence-electron chi connectivity index (χ2n) is 14.5. The molecule has 282 valence electrons. The van der Waals surface area contributed by atoms with Crippen LogP contribution in [0.1, 0.15) is 0 Å². The highest BCUT2D eigenvalue weighted by atomic mass is 14.9. The van der Waals surface area contributed by atoms with Gasteiger partial charge in [0.15, 0.2) is 11.6 Å². The number of aromatic nitrogens is 5. The van der Waals surface area contributed by atoms with Gasteiger partial charge in [0, 0.05) is 44.5 Å². The summed E-state index contributed by atoms with van der Waals surface area (Å²) in [4.78, 5) is 26.1. The van der Waals surface area contributed by atoms with Crippen molar-refractivity contribution >= 4 is 0 Å². The Morgan fingerprint density at radius 1 is 0.167 bits per heavy atom. The van der Waals surface area contributed by atoms with Crippen LogP contribution in [0.4, 0.5) is 0 Å². The Morgan fingerprint density at radius 2 is 0.417 bits per heavy atom. The van der Waals surface area contributed by atoms with Gasteiger partial charge in [0.05, 0.1) is 34.2 Å². The lowest BCUT2D eigenvalue weighted by atomic mass is 9.95. The zero-order chi connectivity index (χ0) is 40.1. The van der Waals surface area contributed by atoms with Crippen LogP contribution in [0.2, 0.25) is 0 Å². The smallest absolute Gasteiger partial charge is 0.160 e. The molecule has 0 N–H and O–H groups in total. The molecule has 0 bridgehead atoms. The van der Waals surface area contributed by atoms with E-state index in [-0.39, 0.29) is 0 Å². The molecule has 0 unspecified atom stereocenters. The van der Waals surface area contributed by atoms with Crippen LogP contribution in [-0.2, 0) is 0 Å². The second kappa shape index (κ2) is 16.4. The van der Waals surface area contributed by atoms with Crippen molar-refractivity contribution in [3.63, 3.8) is 0 Å². The van der Waals surface area contributed by atoms with E-state index in [0.717, 1.165) is 89.8 Å². The summed E-state index contributed by atoms with van der Waals surface area (Å²) in [7, 11) is 0. The molecule has 0 saturated heterocycles. The minimum atomic E-state index is 0.647. The summed E-state index contributed by atoms with van der Waals surface area (Å²) >= 11 is 0. The van der Waals surface area contributed by atoms with E-state index >= 15 is 0 Å². The van der Waals surface area contributed by atoms with Crippen molar-refractivity contribution in [2.75, 3.05) is 0 Å². The summed E-state index contributed by atoms with van der Waals surface area (Å²) in [6.45, 7) is 0. The van der Waals surface area contributed by atoms with Crippen molar-refractivity contribution in [2.24, 2.45) is 0 Å². The third-order valence-corrected chi connectivity index (χ3v) is 10.5. The molecule has 0 saturated carbocycles. The second-order valence-corrected chi connectivity index (χ2v) is 14.5. The Kier molecular flexibility index (Phi) is 9.88. The summed E-state index contributed by atoms with van der Waals surface area (Å²) < 4.78 is 0. The minimum Gasteiger partial charge on any atom is -0.248 e. The van der Waals surface area contributed by atoms with Crippen molar-refractivity contribution in [1.29, 1.82) is 0 Å². The molecule has 5 nitrogen and oxygen atoms in total. The van der Waals surface area contributed by atoms with Gasteiger partial charge in [-0.2, -0.15) is 0 Å². The van der Waals surface area contributed by atoms with Crippen LogP contribution in [0, 0.1) is 0 Å². The summed E-state index contributed by atoms with van der Waals surface area (Å²) in [6, 6.07) is 76.8. The van der Waals surface area contributed by atoms with E-state index in [2.05, 4.69) is 140 Å². The maximum atomic E-state index is 5.36. The zero-order valence-electron chi connectivity index (χ0n) is 32.6. The lowest BCUT2D eigenvalue weighted by Gasteiger charge is -2.15. The van der Waals surface area contributed by atoms with Gasteiger partial charge in [0.25, 0.3) is 0 Å². The Bertz CT molecular complexity index is 2530. The average molecular weight is 768 g/mol. The first-order chi connectivity index (χ1) is 29.7. The summed E-state index contributed by atoms with van der Waals surface area (Å²) in [5, 5.41) is 0. The van der Waals surface area contributed by atoms with Gasteiger partial charge >= 0.3 is 0 Å². The molecule has 0 aliphatic carbocycles. The fraction of sp³-hybridized carbons (Fsp3) is 0. The molecule has 0 aliphatic rings. The lowest BCUT2D eigenvalue weighted by Crippen LogP contribution is -1.99. The van der Waals surface area contributed by atoms with Crippen molar-refractivity contribution in [3.8, 4) is 101 Å². The van der Waals surface area contributed by atoms with Gasteiger partial charge in [0.2, 0.25) is 0 Å². The van der Waals surface area contributed by atoms with Crippen molar-refractivity contribution in [3.05, 3.63) is 224 Å². The Hall–Kier alpha value is -8.15. The van der Waals surface area contributed by atoms with Gasteiger partial charge in [0.1, 0.15) is 0 Å². The van der Waals surface area contributed by atoms with Gasteiger partial charge in [-0.25, -0.2) is 24.9 Å². The summed E-state index contributed by atoms with van der Waals surface area (Å²) in [5.41, 5.74) is 14.8. The quantitative estimate of drug-likeness (QED) is 0.146. The van der Waals surface area contributed by atoms with Gasteiger partial charge in [-0.05, 0) is 53.6 Å². The predicted molar refractivity (Wildman–Crippen MR) is 244 cm³/mol. The number of pyridine rings is 1. The minimum absolute atomic E-state index is 0.647. The highest BCUT2D eigenvalue weighted by molar-refractivity contribution is 5.84. The van der Waals surface area contributed by atoms with Gasteiger partial charge in [-0.15, -0.1) is 0 Å². The van der Waals surface area contributed by atoms with Crippen molar-refractivity contribution in [2.45, 2.75) is 0 Å². The largest absolute Gasteiger partial charge is 0.248 e. The molecule has 0 fully saturated rings. The highest BCUT2D eigenvalue weighted by Gasteiger charge is 2.18. The van der Waals surface area contributed by atoms with Crippen LogP contribution >= 0.6 is 0 Å². The molecule has 7 aromatic carbocycles. The maximum Gasteiger partial charge on any atom is 0.160 e. The number of hydrogen-bond donors (Lipinski definition) is 0. The SMILES string of the molecule is c1ccc(-c2cc(-c3ccccc3)nc(-c3cc(-c4cc(-c5ccccc5)nc(-c5ccccc5)n4)cc(-c4cc(-c5ccccc5)nc(-c5ccccc5)n4)c3)c2)cc1. The first kappa shape index (κ1) is 36.2. The van der Waals surface area contributed by atoms with Crippen LogP contribution in [0.25, 0.3) is 101 Å². The maximum absolute atomic E-state index is 5.36. The molecule has 0 atom stereocenters. The molecule has 3 aromatic heterocycles. The van der Waals surface area contributed by atoms with Crippen molar-refractivity contribution in [1.82, 2.24) is 24.9 Å². The fourth-order valence-electron chi connectivity index (χ4n) is 7.44. The number of nitrogens with zero attached hydrogens (tertiary/aromatic N) is 5. The van der Waals surface area contributed by atoms with E-state index in [0.29, 0.717) is 11.6 Å².